The number of carbonyl (C=O) groups excluding carboxylic acids is 2. The molecular weight excluding hydrogens is 318 g/mol. The molecule has 0 aromatic heterocycles. The predicted molar refractivity (Wildman–Crippen MR) is 92.0 cm³/mol. The third-order valence-electron chi connectivity index (χ3n) is 6.08. The van der Waals surface area contributed by atoms with Crippen molar-refractivity contribution in [3.8, 4) is 5.75 Å². The first-order valence-corrected chi connectivity index (χ1v) is 9.40. The summed E-state index contributed by atoms with van der Waals surface area (Å²) in [6, 6.07) is 7.86. The lowest BCUT2D eigenvalue weighted by Crippen LogP contribution is -2.70. The fraction of sp³-hybridized carbons (Fsp3) is 0.600. The van der Waals surface area contributed by atoms with Crippen LogP contribution in [0, 0.1) is 11.8 Å². The first-order valence-electron chi connectivity index (χ1n) is 9.40. The molecule has 4 unspecified atom stereocenters. The normalized spacial score (nSPS) is 33.1. The molecular formula is C20H25NO4. The first-order chi connectivity index (χ1) is 12.1. The molecule has 25 heavy (non-hydrogen) atoms. The molecule has 5 nitrogen and oxygen atoms in total. The molecule has 2 bridgehead atoms. The zero-order chi connectivity index (χ0) is 17.6. The largest absolute Gasteiger partial charge is 0.467 e. The number of carbonyl (C=O) groups is 2. The predicted octanol–water partition coefficient (Wildman–Crippen LogP) is 3.09. The number of piperidine rings is 1. The molecule has 2 heterocycles. The molecule has 1 saturated carbocycles. The Morgan fingerprint density at radius 3 is 2.88 bits per heavy atom. The lowest BCUT2D eigenvalue weighted by Gasteiger charge is -2.60. The van der Waals surface area contributed by atoms with Crippen molar-refractivity contribution in [3.05, 3.63) is 29.8 Å². The average molecular weight is 343 g/mol. The number of ether oxygens (including phenoxy) is 2. The Labute approximate surface area is 148 Å². The number of hydrogen-bond donors (Lipinski definition) is 0. The van der Waals surface area contributed by atoms with Crippen LogP contribution in [0.2, 0.25) is 0 Å². The van der Waals surface area contributed by atoms with Crippen molar-refractivity contribution in [3.63, 3.8) is 0 Å². The van der Waals surface area contributed by atoms with Gasteiger partial charge in [0.1, 0.15) is 11.7 Å². The van der Waals surface area contributed by atoms with Gasteiger partial charge < -0.3 is 14.4 Å². The van der Waals surface area contributed by atoms with E-state index in [0.717, 1.165) is 37.0 Å². The molecule has 4 rings (SSSR count). The minimum atomic E-state index is -0.763. The van der Waals surface area contributed by atoms with Gasteiger partial charge in [-0.25, -0.2) is 0 Å². The third-order valence-corrected chi connectivity index (χ3v) is 6.08. The summed E-state index contributed by atoms with van der Waals surface area (Å²) in [5.74, 6) is -0.500. The van der Waals surface area contributed by atoms with Crippen molar-refractivity contribution >= 4 is 11.9 Å². The van der Waals surface area contributed by atoms with Crippen LogP contribution in [0.1, 0.15) is 51.0 Å². The van der Waals surface area contributed by atoms with Gasteiger partial charge in [0.15, 0.2) is 5.72 Å². The minimum Gasteiger partial charge on any atom is -0.467 e. The van der Waals surface area contributed by atoms with Crippen molar-refractivity contribution in [1.29, 1.82) is 0 Å². The number of rotatable bonds is 3. The Kier molecular flexibility index (Phi) is 3.97. The summed E-state index contributed by atoms with van der Waals surface area (Å²) >= 11 is 0. The van der Waals surface area contributed by atoms with Crippen LogP contribution < -0.4 is 4.74 Å². The number of esters is 1. The molecule has 1 aliphatic carbocycles. The molecule has 5 heteroatoms. The maximum absolute atomic E-state index is 13.3. The summed E-state index contributed by atoms with van der Waals surface area (Å²) in [6.45, 7) is 4.58. The second-order valence-corrected chi connectivity index (χ2v) is 7.17. The molecule has 1 aromatic carbocycles. The average Bonchev–Trinajstić information content (AvgIpc) is 2.61. The van der Waals surface area contributed by atoms with Crippen molar-refractivity contribution < 1.29 is 19.1 Å². The van der Waals surface area contributed by atoms with Gasteiger partial charge in [0.25, 0.3) is 0 Å². The van der Waals surface area contributed by atoms with Crippen molar-refractivity contribution in [1.82, 2.24) is 4.90 Å². The lowest BCUT2D eigenvalue weighted by molar-refractivity contribution is -0.210. The molecule has 0 spiro atoms. The maximum atomic E-state index is 13.3. The van der Waals surface area contributed by atoms with Gasteiger partial charge in [-0.2, -0.15) is 0 Å². The van der Waals surface area contributed by atoms with E-state index in [1.807, 2.05) is 36.1 Å². The number of hydrogen-bond acceptors (Lipinski definition) is 4. The van der Waals surface area contributed by atoms with Crippen LogP contribution in [0.5, 0.6) is 5.75 Å². The van der Waals surface area contributed by atoms with Crippen LogP contribution in [0.3, 0.4) is 0 Å². The molecule has 2 aliphatic heterocycles. The smallest absolute Gasteiger partial charge is 0.319 e. The summed E-state index contributed by atoms with van der Waals surface area (Å²) in [5, 5.41) is 0. The number of para-hydroxylation sites is 1. The molecule has 1 saturated heterocycles. The van der Waals surface area contributed by atoms with E-state index >= 15 is 0 Å². The van der Waals surface area contributed by atoms with Crippen molar-refractivity contribution in [2.75, 3.05) is 13.2 Å². The Morgan fingerprint density at radius 2 is 2.12 bits per heavy atom. The number of likely N-dealkylation sites (tertiary alicyclic amines) is 1. The van der Waals surface area contributed by atoms with E-state index in [4.69, 9.17) is 9.47 Å². The van der Waals surface area contributed by atoms with Gasteiger partial charge in [0.05, 0.1) is 6.61 Å². The fourth-order valence-electron chi connectivity index (χ4n) is 5.21. The van der Waals surface area contributed by atoms with Gasteiger partial charge in [-0.1, -0.05) is 24.6 Å². The van der Waals surface area contributed by atoms with E-state index < -0.39 is 17.6 Å². The Balaban J connectivity index is 1.90. The zero-order valence-electron chi connectivity index (χ0n) is 14.9. The van der Waals surface area contributed by atoms with Crippen LogP contribution in [0.15, 0.2) is 24.3 Å². The van der Waals surface area contributed by atoms with Crippen LogP contribution >= 0.6 is 0 Å². The van der Waals surface area contributed by atoms with Gasteiger partial charge in [0, 0.05) is 24.8 Å². The fourth-order valence-corrected chi connectivity index (χ4v) is 5.21. The molecule has 3 aliphatic rings. The van der Waals surface area contributed by atoms with E-state index in [9.17, 15) is 9.59 Å². The summed E-state index contributed by atoms with van der Waals surface area (Å²) in [7, 11) is 0. The highest BCUT2D eigenvalue weighted by molar-refractivity contribution is 6.00. The van der Waals surface area contributed by atoms with Gasteiger partial charge in [-0.3, -0.25) is 9.59 Å². The van der Waals surface area contributed by atoms with E-state index in [2.05, 4.69) is 0 Å². The summed E-state index contributed by atoms with van der Waals surface area (Å²) < 4.78 is 11.8. The molecule has 0 N–H and O–H groups in total. The molecule has 4 atom stereocenters. The van der Waals surface area contributed by atoms with E-state index in [1.54, 1.807) is 6.92 Å². The zero-order valence-corrected chi connectivity index (χ0v) is 14.9. The molecule has 1 aromatic rings. The third kappa shape index (κ3) is 2.21. The quantitative estimate of drug-likeness (QED) is 0.625. The monoisotopic (exact) mass is 343 g/mol. The summed E-state index contributed by atoms with van der Waals surface area (Å²) in [5.41, 5.74) is 0.374. The minimum absolute atomic E-state index is 0.140. The van der Waals surface area contributed by atoms with Crippen LogP contribution in [0.4, 0.5) is 0 Å². The second-order valence-electron chi connectivity index (χ2n) is 7.17. The number of fused-ring (bicyclic) bond motifs is 2. The van der Waals surface area contributed by atoms with Crippen LogP contribution in [-0.4, -0.2) is 35.7 Å². The summed E-state index contributed by atoms with van der Waals surface area (Å²) in [4.78, 5) is 27.8. The number of nitrogens with zero attached hydrogens (tertiary/aromatic N) is 1. The highest BCUT2D eigenvalue weighted by atomic mass is 16.5. The van der Waals surface area contributed by atoms with Gasteiger partial charge in [0.2, 0.25) is 5.91 Å². The molecule has 1 amide bonds. The molecule has 2 fully saturated rings. The number of benzene rings is 1. The lowest BCUT2D eigenvalue weighted by atomic mass is 9.61. The van der Waals surface area contributed by atoms with Crippen LogP contribution in [0.25, 0.3) is 0 Å². The van der Waals surface area contributed by atoms with Gasteiger partial charge in [-0.05, 0) is 38.3 Å². The maximum Gasteiger partial charge on any atom is 0.319 e. The standard InChI is InChI=1S/C20H25NO4/c1-3-21-18(22)17(19(23)24-4-2)16-13-9-5-6-11-15(13)25-20(21)12-8-7-10-14(16)20/h5-6,9,11,14,16-17H,3-4,7-8,10,12H2,1-2H3. The van der Waals surface area contributed by atoms with E-state index in [-0.39, 0.29) is 24.3 Å². The topological polar surface area (TPSA) is 55.8 Å². The number of amides is 1. The Bertz CT molecular complexity index is 703. The Morgan fingerprint density at radius 1 is 1.32 bits per heavy atom. The van der Waals surface area contributed by atoms with E-state index in [1.165, 1.54) is 0 Å². The highest BCUT2D eigenvalue weighted by Gasteiger charge is 2.64. The summed E-state index contributed by atoms with van der Waals surface area (Å²) in [6.07, 6.45) is 3.95. The highest BCUT2D eigenvalue weighted by Crippen LogP contribution is 2.58. The van der Waals surface area contributed by atoms with Crippen molar-refractivity contribution in [2.45, 2.75) is 51.2 Å². The van der Waals surface area contributed by atoms with Crippen LogP contribution in [-0.2, 0) is 14.3 Å². The van der Waals surface area contributed by atoms with E-state index in [0.29, 0.717) is 6.54 Å². The van der Waals surface area contributed by atoms with Gasteiger partial charge >= 0.3 is 5.97 Å². The van der Waals surface area contributed by atoms with Crippen molar-refractivity contribution in [2.24, 2.45) is 11.8 Å². The Hall–Kier alpha value is -2.04. The second kappa shape index (κ2) is 6.04. The first kappa shape index (κ1) is 16.4. The van der Waals surface area contributed by atoms with Gasteiger partial charge in [-0.15, -0.1) is 0 Å². The SMILES string of the molecule is CCOC(=O)C1C(=O)N(CC)C23CCCCC2C1c1ccccc1O3. The molecule has 134 valence electrons. The molecule has 0 radical (unpaired) electrons.